The summed E-state index contributed by atoms with van der Waals surface area (Å²) in [6.45, 7) is 0. The van der Waals surface area contributed by atoms with Gasteiger partial charge in [-0.15, -0.1) is 12.4 Å². The predicted molar refractivity (Wildman–Crippen MR) is 49.2 cm³/mol. The summed E-state index contributed by atoms with van der Waals surface area (Å²) in [5.74, 6) is 4.71. The summed E-state index contributed by atoms with van der Waals surface area (Å²) in [6.07, 6.45) is 0. The second-order valence-corrected chi connectivity index (χ2v) is 2.63. The molecule has 1 rings (SSSR count). The van der Waals surface area contributed by atoms with Gasteiger partial charge in [-0.1, -0.05) is 0 Å². The number of anilines is 1. The average Bonchev–Trinajstić information content (AvgIpc) is 1.95. The maximum atomic E-state index is 12.6. The molecule has 0 saturated carbocycles. The molecule has 0 atom stereocenters. The first kappa shape index (κ1) is 10.7. The first-order chi connectivity index (χ1) is 4.74. The summed E-state index contributed by atoms with van der Waals surface area (Å²) in [5.41, 5.74) is 2.89. The molecular weight excluding hydrogens is 234 g/mol. The summed E-state index contributed by atoms with van der Waals surface area (Å²) in [4.78, 5) is 0. The molecule has 0 bridgehead atoms. The van der Waals surface area contributed by atoms with E-state index in [1.165, 1.54) is 6.07 Å². The number of halogens is 3. The van der Waals surface area contributed by atoms with Crippen molar-refractivity contribution in [3.8, 4) is 0 Å². The van der Waals surface area contributed by atoms with E-state index in [2.05, 4.69) is 21.4 Å². The summed E-state index contributed by atoms with van der Waals surface area (Å²) >= 11 is 3.01. The van der Waals surface area contributed by atoms with Crippen molar-refractivity contribution in [3.05, 3.63) is 28.5 Å². The van der Waals surface area contributed by atoms with Crippen LogP contribution in [0.3, 0.4) is 0 Å². The lowest BCUT2D eigenvalue weighted by atomic mass is 10.3. The Labute approximate surface area is 78.5 Å². The molecule has 0 saturated heterocycles. The summed E-state index contributed by atoms with van der Waals surface area (Å²) in [6, 6.07) is 4.57. The van der Waals surface area contributed by atoms with E-state index in [9.17, 15) is 4.39 Å². The van der Waals surface area contributed by atoms with Crippen LogP contribution < -0.4 is 11.3 Å². The number of nitrogens with two attached hydrogens (primary N) is 1. The molecule has 0 amide bonds. The minimum absolute atomic E-state index is 0. The zero-order valence-electron chi connectivity index (χ0n) is 5.47. The molecule has 62 valence electrons. The van der Waals surface area contributed by atoms with Crippen LogP contribution in [0.5, 0.6) is 0 Å². The maximum absolute atomic E-state index is 12.6. The first-order valence-corrected chi connectivity index (χ1v) is 3.45. The van der Waals surface area contributed by atoms with E-state index in [1.807, 2.05) is 0 Å². The van der Waals surface area contributed by atoms with Crippen LogP contribution in [0.15, 0.2) is 22.7 Å². The highest BCUT2D eigenvalue weighted by molar-refractivity contribution is 9.10. The van der Waals surface area contributed by atoms with Gasteiger partial charge in [0.05, 0.1) is 10.2 Å². The van der Waals surface area contributed by atoms with Crippen LogP contribution in [0.2, 0.25) is 0 Å². The second kappa shape index (κ2) is 4.54. The van der Waals surface area contributed by atoms with Crippen molar-refractivity contribution in [3.63, 3.8) is 0 Å². The van der Waals surface area contributed by atoms with Gasteiger partial charge >= 0.3 is 0 Å². The Morgan fingerprint density at radius 2 is 2.09 bits per heavy atom. The van der Waals surface area contributed by atoms with Crippen LogP contribution in [0, 0.1) is 5.82 Å². The SMILES string of the molecule is Cl.NNc1ccc(Br)c(F)c1. The smallest absolute Gasteiger partial charge is 0.139 e. The molecule has 0 heterocycles. The number of hydrogen-bond acceptors (Lipinski definition) is 2. The molecule has 0 spiro atoms. The quantitative estimate of drug-likeness (QED) is 0.585. The van der Waals surface area contributed by atoms with Gasteiger partial charge in [-0.25, -0.2) is 4.39 Å². The van der Waals surface area contributed by atoms with Gasteiger partial charge in [0.25, 0.3) is 0 Å². The molecule has 0 aliphatic carbocycles. The van der Waals surface area contributed by atoms with Crippen LogP contribution in [0.25, 0.3) is 0 Å². The van der Waals surface area contributed by atoms with Crippen molar-refractivity contribution >= 4 is 34.0 Å². The fourth-order valence-corrected chi connectivity index (χ4v) is 0.833. The van der Waals surface area contributed by atoms with Crippen LogP contribution in [0.1, 0.15) is 0 Å². The third-order valence-corrected chi connectivity index (χ3v) is 1.73. The summed E-state index contributed by atoms with van der Waals surface area (Å²) < 4.78 is 13.1. The molecule has 1 aromatic carbocycles. The zero-order valence-corrected chi connectivity index (χ0v) is 7.88. The van der Waals surface area contributed by atoms with E-state index < -0.39 is 0 Å². The van der Waals surface area contributed by atoms with Crippen molar-refractivity contribution in [2.24, 2.45) is 5.84 Å². The number of rotatable bonds is 1. The highest BCUT2D eigenvalue weighted by atomic mass is 79.9. The average molecular weight is 241 g/mol. The number of nitrogen functional groups attached to an aromatic ring is 1. The van der Waals surface area contributed by atoms with Gasteiger partial charge in [-0.05, 0) is 34.1 Å². The van der Waals surface area contributed by atoms with E-state index in [0.717, 1.165) is 0 Å². The molecule has 0 aliphatic rings. The number of nitrogens with one attached hydrogen (secondary N) is 1. The molecular formula is C6H7BrClFN2. The van der Waals surface area contributed by atoms with E-state index in [4.69, 9.17) is 5.84 Å². The lowest BCUT2D eigenvalue weighted by Crippen LogP contribution is -2.06. The highest BCUT2D eigenvalue weighted by Gasteiger charge is 1.97. The third kappa shape index (κ3) is 2.65. The monoisotopic (exact) mass is 240 g/mol. The van der Waals surface area contributed by atoms with Gasteiger partial charge in [0.15, 0.2) is 0 Å². The Bertz CT molecular complexity index is 244. The van der Waals surface area contributed by atoms with Crippen molar-refractivity contribution in [2.45, 2.75) is 0 Å². The van der Waals surface area contributed by atoms with Crippen LogP contribution in [0.4, 0.5) is 10.1 Å². The van der Waals surface area contributed by atoms with Crippen molar-refractivity contribution in [2.75, 3.05) is 5.43 Å². The van der Waals surface area contributed by atoms with Crippen LogP contribution >= 0.6 is 28.3 Å². The van der Waals surface area contributed by atoms with Gasteiger partial charge in [-0.2, -0.15) is 0 Å². The lowest BCUT2D eigenvalue weighted by Gasteiger charge is -1.99. The van der Waals surface area contributed by atoms with E-state index in [0.29, 0.717) is 10.2 Å². The van der Waals surface area contributed by atoms with E-state index in [-0.39, 0.29) is 18.2 Å². The van der Waals surface area contributed by atoms with Gasteiger partial charge in [-0.3, -0.25) is 5.84 Å². The molecule has 0 fully saturated rings. The molecule has 1 aromatic rings. The predicted octanol–water partition coefficient (Wildman–Crippen LogP) is 2.30. The molecule has 0 unspecified atom stereocenters. The van der Waals surface area contributed by atoms with Crippen molar-refractivity contribution < 1.29 is 4.39 Å². The van der Waals surface area contributed by atoms with Gasteiger partial charge in [0.2, 0.25) is 0 Å². The minimum atomic E-state index is -0.324. The fraction of sp³-hybridized carbons (Fsp3) is 0. The van der Waals surface area contributed by atoms with Gasteiger partial charge in [0, 0.05) is 0 Å². The highest BCUT2D eigenvalue weighted by Crippen LogP contribution is 2.18. The molecule has 11 heavy (non-hydrogen) atoms. The Balaban J connectivity index is 0.000001000. The number of hydrazine groups is 1. The normalized spacial score (nSPS) is 8.64. The third-order valence-electron chi connectivity index (χ3n) is 1.09. The Hall–Kier alpha value is -0.320. The minimum Gasteiger partial charge on any atom is -0.324 e. The first-order valence-electron chi connectivity index (χ1n) is 2.65. The fourth-order valence-electron chi connectivity index (χ4n) is 0.586. The molecule has 2 nitrogen and oxygen atoms in total. The summed E-state index contributed by atoms with van der Waals surface area (Å²) in [7, 11) is 0. The standard InChI is InChI=1S/C6H6BrFN2.ClH/c7-5-2-1-4(10-9)3-6(5)8;/h1-3,10H,9H2;1H. The molecule has 5 heteroatoms. The topological polar surface area (TPSA) is 38.0 Å². The molecule has 3 N–H and O–H groups in total. The van der Waals surface area contributed by atoms with Crippen LogP contribution in [-0.2, 0) is 0 Å². The Morgan fingerprint density at radius 1 is 1.45 bits per heavy atom. The largest absolute Gasteiger partial charge is 0.324 e. The number of benzene rings is 1. The molecule has 0 aliphatic heterocycles. The number of hydrogen-bond donors (Lipinski definition) is 2. The Morgan fingerprint density at radius 3 is 2.55 bits per heavy atom. The molecule has 0 radical (unpaired) electrons. The van der Waals surface area contributed by atoms with Crippen molar-refractivity contribution in [1.82, 2.24) is 0 Å². The summed E-state index contributed by atoms with van der Waals surface area (Å²) in [5, 5.41) is 0. The van der Waals surface area contributed by atoms with Gasteiger partial charge in [0.1, 0.15) is 5.82 Å². The van der Waals surface area contributed by atoms with Crippen molar-refractivity contribution in [1.29, 1.82) is 0 Å². The lowest BCUT2D eigenvalue weighted by molar-refractivity contribution is 0.621. The maximum Gasteiger partial charge on any atom is 0.139 e. The van der Waals surface area contributed by atoms with Gasteiger partial charge < -0.3 is 5.43 Å². The second-order valence-electron chi connectivity index (χ2n) is 1.77. The van der Waals surface area contributed by atoms with E-state index in [1.54, 1.807) is 12.1 Å². The Kier molecular flexibility index (Phi) is 4.40. The van der Waals surface area contributed by atoms with Crippen LogP contribution in [-0.4, -0.2) is 0 Å². The van der Waals surface area contributed by atoms with E-state index >= 15 is 0 Å². The zero-order chi connectivity index (χ0) is 7.56. The molecule has 0 aromatic heterocycles.